The zero-order chi connectivity index (χ0) is 14.4. The molecule has 0 saturated heterocycles. The molecule has 1 aromatic carbocycles. The van der Waals surface area contributed by atoms with E-state index in [0.717, 1.165) is 0 Å². The van der Waals surface area contributed by atoms with Crippen molar-refractivity contribution in [3.63, 3.8) is 0 Å². The van der Waals surface area contributed by atoms with E-state index in [1.54, 1.807) is 11.3 Å². The monoisotopic (exact) mass is 293 g/mol. The van der Waals surface area contributed by atoms with Gasteiger partial charge in [-0.2, -0.15) is 0 Å². The normalized spacial score (nSPS) is 12.1. The van der Waals surface area contributed by atoms with Gasteiger partial charge in [0.15, 0.2) is 0 Å². The number of amides is 1. The predicted molar refractivity (Wildman–Crippen MR) is 77.0 cm³/mol. The Bertz CT molecular complexity index is 540. The van der Waals surface area contributed by atoms with Gasteiger partial charge in [0.25, 0.3) is 0 Å². The molecule has 0 fully saturated rings. The standard InChI is InChI=1S/C15H16FNO2S/c16-12-5-3-11(4-6-12)14(18)10-17-15(19)8-7-13-2-1-9-20-13/h1-6,9,14,18H,7-8,10H2,(H,17,19). The summed E-state index contributed by atoms with van der Waals surface area (Å²) in [6.07, 6.45) is 0.286. The van der Waals surface area contributed by atoms with E-state index in [1.165, 1.54) is 29.1 Å². The lowest BCUT2D eigenvalue weighted by molar-refractivity contribution is -0.121. The number of aryl methyl sites for hydroxylation is 1. The van der Waals surface area contributed by atoms with Crippen molar-refractivity contribution in [2.24, 2.45) is 0 Å². The van der Waals surface area contributed by atoms with Crippen LogP contribution in [0.5, 0.6) is 0 Å². The molecule has 0 spiro atoms. The number of rotatable bonds is 6. The number of carbonyl (C=O) groups excluding carboxylic acids is 1. The number of aliphatic hydroxyl groups excluding tert-OH is 1. The fourth-order valence-corrected chi connectivity index (χ4v) is 2.50. The van der Waals surface area contributed by atoms with Gasteiger partial charge in [-0.15, -0.1) is 11.3 Å². The molecule has 1 amide bonds. The maximum atomic E-state index is 12.7. The minimum absolute atomic E-state index is 0.0976. The molecule has 3 nitrogen and oxygen atoms in total. The van der Waals surface area contributed by atoms with Crippen molar-refractivity contribution in [3.8, 4) is 0 Å². The number of hydrogen-bond acceptors (Lipinski definition) is 3. The molecule has 1 aromatic heterocycles. The van der Waals surface area contributed by atoms with Gasteiger partial charge in [0, 0.05) is 17.8 Å². The van der Waals surface area contributed by atoms with E-state index in [1.807, 2.05) is 17.5 Å². The highest BCUT2D eigenvalue weighted by Gasteiger charge is 2.09. The molecule has 0 radical (unpaired) electrons. The minimum Gasteiger partial charge on any atom is -0.387 e. The van der Waals surface area contributed by atoms with Crippen molar-refractivity contribution in [2.75, 3.05) is 6.54 Å². The lowest BCUT2D eigenvalue weighted by Crippen LogP contribution is -2.28. The summed E-state index contributed by atoms with van der Waals surface area (Å²) in [4.78, 5) is 12.8. The Morgan fingerprint density at radius 2 is 2.05 bits per heavy atom. The molecule has 1 heterocycles. The Hall–Kier alpha value is -1.72. The van der Waals surface area contributed by atoms with Crippen molar-refractivity contribution in [3.05, 3.63) is 58.0 Å². The van der Waals surface area contributed by atoms with E-state index >= 15 is 0 Å². The smallest absolute Gasteiger partial charge is 0.220 e. The number of carbonyl (C=O) groups is 1. The molecule has 0 aliphatic heterocycles. The van der Waals surface area contributed by atoms with E-state index in [-0.39, 0.29) is 18.3 Å². The van der Waals surface area contributed by atoms with Crippen molar-refractivity contribution in [1.82, 2.24) is 5.32 Å². The summed E-state index contributed by atoms with van der Waals surface area (Å²) in [5, 5.41) is 14.5. The second kappa shape index (κ2) is 7.17. The van der Waals surface area contributed by atoms with Gasteiger partial charge >= 0.3 is 0 Å². The summed E-state index contributed by atoms with van der Waals surface area (Å²) in [6, 6.07) is 9.55. The summed E-state index contributed by atoms with van der Waals surface area (Å²) in [5.41, 5.74) is 0.588. The Kier molecular flexibility index (Phi) is 5.26. The Balaban J connectivity index is 1.73. The van der Waals surface area contributed by atoms with Crippen LogP contribution < -0.4 is 5.32 Å². The summed E-state index contributed by atoms with van der Waals surface area (Å²) in [5.74, 6) is -0.444. The largest absolute Gasteiger partial charge is 0.387 e. The van der Waals surface area contributed by atoms with Crippen LogP contribution in [0.2, 0.25) is 0 Å². The van der Waals surface area contributed by atoms with Crippen LogP contribution in [0.3, 0.4) is 0 Å². The third kappa shape index (κ3) is 4.43. The van der Waals surface area contributed by atoms with Crippen LogP contribution in [0.1, 0.15) is 23.0 Å². The number of nitrogens with one attached hydrogen (secondary N) is 1. The predicted octanol–water partition coefficient (Wildman–Crippen LogP) is 2.67. The molecule has 0 bridgehead atoms. The first-order valence-electron chi connectivity index (χ1n) is 6.38. The van der Waals surface area contributed by atoms with Crippen LogP contribution in [-0.4, -0.2) is 17.6 Å². The minimum atomic E-state index is -0.818. The van der Waals surface area contributed by atoms with E-state index in [4.69, 9.17) is 0 Å². The topological polar surface area (TPSA) is 49.3 Å². The highest BCUT2D eigenvalue weighted by Crippen LogP contribution is 2.13. The zero-order valence-electron chi connectivity index (χ0n) is 10.9. The Morgan fingerprint density at radius 3 is 2.70 bits per heavy atom. The van der Waals surface area contributed by atoms with Gasteiger partial charge < -0.3 is 10.4 Å². The van der Waals surface area contributed by atoms with E-state index in [9.17, 15) is 14.3 Å². The van der Waals surface area contributed by atoms with Crippen molar-refractivity contribution >= 4 is 17.2 Å². The average molecular weight is 293 g/mol. The van der Waals surface area contributed by atoms with E-state index in [2.05, 4.69) is 5.32 Å². The third-order valence-electron chi connectivity index (χ3n) is 2.93. The van der Waals surface area contributed by atoms with Gasteiger partial charge in [0.1, 0.15) is 5.82 Å². The van der Waals surface area contributed by atoms with Crippen molar-refractivity contribution in [1.29, 1.82) is 0 Å². The van der Waals surface area contributed by atoms with Gasteiger partial charge in [0.2, 0.25) is 5.91 Å². The summed E-state index contributed by atoms with van der Waals surface area (Å²) in [7, 11) is 0. The zero-order valence-corrected chi connectivity index (χ0v) is 11.7. The second-order valence-electron chi connectivity index (χ2n) is 4.45. The van der Waals surface area contributed by atoms with Gasteiger partial charge in [-0.1, -0.05) is 18.2 Å². The summed E-state index contributed by atoms with van der Waals surface area (Å²) >= 11 is 1.62. The molecule has 1 unspecified atom stereocenters. The first-order chi connectivity index (χ1) is 9.65. The number of aliphatic hydroxyl groups is 1. The van der Waals surface area contributed by atoms with Crippen LogP contribution >= 0.6 is 11.3 Å². The summed E-state index contributed by atoms with van der Waals surface area (Å²) in [6.45, 7) is 0.134. The third-order valence-corrected chi connectivity index (χ3v) is 3.86. The highest BCUT2D eigenvalue weighted by atomic mass is 32.1. The fraction of sp³-hybridized carbons (Fsp3) is 0.267. The Labute approximate surface area is 121 Å². The van der Waals surface area contributed by atoms with Gasteiger partial charge in [-0.25, -0.2) is 4.39 Å². The Morgan fingerprint density at radius 1 is 1.30 bits per heavy atom. The molecule has 2 N–H and O–H groups in total. The molecule has 0 aliphatic rings. The molecular weight excluding hydrogens is 277 g/mol. The SMILES string of the molecule is O=C(CCc1cccs1)NCC(O)c1ccc(F)cc1. The first kappa shape index (κ1) is 14.7. The molecule has 1 atom stereocenters. The van der Waals surface area contributed by atoms with Gasteiger partial charge in [-0.3, -0.25) is 4.79 Å². The maximum absolute atomic E-state index is 12.7. The van der Waals surface area contributed by atoms with Crippen LogP contribution in [0.4, 0.5) is 4.39 Å². The molecule has 2 rings (SSSR count). The number of hydrogen-bond donors (Lipinski definition) is 2. The van der Waals surface area contributed by atoms with Gasteiger partial charge in [-0.05, 0) is 35.6 Å². The van der Waals surface area contributed by atoms with Gasteiger partial charge in [0.05, 0.1) is 6.10 Å². The lowest BCUT2D eigenvalue weighted by Gasteiger charge is -2.12. The number of benzene rings is 1. The highest BCUT2D eigenvalue weighted by molar-refractivity contribution is 7.09. The maximum Gasteiger partial charge on any atom is 0.220 e. The number of thiophene rings is 1. The second-order valence-corrected chi connectivity index (χ2v) is 5.48. The van der Waals surface area contributed by atoms with Crippen LogP contribution in [-0.2, 0) is 11.2 Å². The summed E-state index contributed by atoms with van der Waals surface area (Å²) < 4.78 is 12.7. The molecule has 20 heavy (non-hydrogen) atoms. The quantitative estimate of drug-likeness (QED) is 0.860. The first-order valence-corrected chi connectivity index (χ1v) is 7.26. The van der Waals surface area contributed by atoms with Crippen LogP contribution in [0, 0.1) is 5.82 Å². The van der Waals surface area contributed by atoms with Crippen LogP contribution in [0.15, 0.2) is 41.8 Å². The average Bonchev–Trinajstić information content (AvgIpc) is 2.96. The molecule has 5 heteroatoms. The molecule has 2 aromatic rings. The van der Waals surface area contributed by atoms with Crippen molar-refractivity contribution in [2.45, 2.75) is 18.9 Å². The lowest BCUT2D eigenvalue weighted by atomic mass is 10.1. The molecule has 0 aliphatic carbocycles. The van der Waals surface area contributed by atoms with Crippen LogP contribution in [0.25, 0.3) is 0 Å². The van der Waals surface area contributed by atoms with E-state index < -0.39 is 6.10 Å². The number of halogens is 1. The van der Waals surface area contributed by atoms with Crippen molar-refractivity contribution < 1.29 is 14.3 Å². The molecule has 0 saturated carbocycles. The fourth-order valence-electron chi connectivity index (χ4n) is 1.79. The van der Waals surface area contributed by atoms with E-state index in [0.29, 0.717) is 18.4 Å². The molecular formula is C15H16FNO2S. The molecule has 106 valence electrons.